The van der Waals surface area contributed by atoms with Crippen LogP contribution < -0.4 is 5.32 Å². The van der Waals surface area contributed by atoms with Gasteiger partial charge in [0.1, 0.15) is 5.71 Å². The topological polar surface area (TPSA) is 75.6 Å². The van der Waals surface area contributed by atoms with E-state index in [2.05, 4.69) is 20.9 Å². The molecule has 6 heteroatoms. The number of urea groups is 1. The number of carbonyl (C=O) groups excluding carboxylic acids is 3. The smallest absolute Gasteiger partial charge is 0.294 e. The van der Waals surface area contributed by atoms with Gasteiger partial charge >= 0.3 is 6.03 Å². The molecule has 1 heterocycles. The van der Waals surface area contributed by atoms with Gasteiger partial charge in [-0.05, 0) is 12.1 Å². The van der Waals surface area contributed by atoms with Crippen LogP contribution in [0.4, 0.5) is 4.79 Å². The zero-order chi connectivity index (χ0) is 12.4. The number of rotatable bonds is 3. The summed E-state index contributed by atoms with van der Waals surface area (Å²) in [4.78, 5) is 37.2. The molecule has 1 N–H and O–H groups in total. The number of hydrogen-bond donors (Lipinski definition) is 1. The zero-order valence-electron chi connectivity index (χ0n) is 8.57. The lowest BCUT2D eigenvalue weighted by atomic mass is 10.1. The fourth-order valence-corrected chi connectivity index (χ4v) is 1.64. The third kappa shape index (κ3) is 2.65. The van der Waals surface area contributed by atoms with E-state index in [9.17, 15) is 14.4 Å². The largest absolute Gasteiger partial charge is 0.348 e. The van der Waals surface area contributed by atoms with Crippen LogP contribution in [0.1, 0.15) is 16.8 Å². The van der Waals surface area contributed by atoms with Crippen LogP contribution in [0.2, 0.25) is 0 Å². The molecule has 0 aliphatic carbocycles. The molecule has 17 heavy (non-hydrogen) atoms. The SMILES string of the molecule is O=C1N=C(CC(=O)c2ccc(Br)cc2)C(=O)N1. The van der Waals surface area contributed by atoms with Crippen molar-refractivity contribution in [2.45, 2.75) is 6.42 Å². The maximum absolute atomic E-state index is 11.8. The van der Waals surface area contributed by atoms with Crippen LogP contribution >= 0.6 is 15.9 Å². The molecule has 2 rings (SSSR count). The summed E-state index contributed by atoms with van der Waals surface area (Å²) in [6.45, 7) is 0. The molecule has 0 bridgehead atoms. The van der Waals surface area contributed by atoms with Crippen molar-refractivity contribution in [1.29, 1.82) is 0 Å². The maximum atomic E-state index is 11.8. The molecule has 1 aromatic rings. The second kappa shape index (κ2) is 4.58. The van der Waals surface area contributed by atoms with Crippen LogP contribution in [-0.2, 0) is 4.79 Å². The van der Waals surface area contributed by atoms with Crippen molar-refractivity contribution in [3.8, 4) is 0 Å². The van der Waals surface area contributed by atoms with Crippen molar-refractivity contribution in [2.24, 2.45) is 4.99 Å². The van der Waals surface area contributed by atoms with Gasteiger partial charge < -0.3 is 0 Å². The number of imide groups is 1. The van der Waals surface area contributed by atoms with Crippen molar-refractivity contribution in [3.63, 3.8) is 0 Å². The van der Waals surface area contributed by atoms with Crippen LogP contribution in [0.5, 0.6) is 0 Å². The average molecular weight is 295 g/mol. The van der Waals surface area contributed by atoms with Crippen molar-refractivity contribution < 1.29 is 14.4 Å². The highest BCUT2D eigenvalue weighted by atomic mass is 79.9. The van der Waals surface area contributed by atoms with Gasteiger partial charge in [0, 0.05) is 10.0 Å². The monoisotopic (exact) mass is 294 g/mol. The summed E-state index contributed by atoms with van der Waals surface area (Å²) in [6.07, 6.45) is -0.167. The minimum absolute atomic E-state index is 0.0390. The van der Waals surface area contributed by atoms with Gasteiger partial charge in [0.2, 0.25) is 0 Å². The van der Waals surface area contributed by atoms with E-state index in [1.165, 1.54) is 0 Å². The minimum atomic E-state index is -0.714. The Labute approximate surface area is 105 Å². The molecule has 0 aromatic heterocycles. The first-order valence-electron chi connectivity index (χ1n) is 4.78. The minimum Gasteiger partial charge on any atom is -0.294 e. The van der Waals surface area contributed by atoms with Gasteiger partial charge in [-0.25, -0.2) is 4.79 Å². The van der Waals surface area contributed by atoms with Crippen molar-refractivity contribution >= 4 is 39.4 Å². The molecule has 0 fully saturated rings. The molecule has 0 unspecified atom stereocenters. The third-order valence-corrected chi connectivity index (χ3v) is 2.74. The molecule has 3 amide bonds. The standard InChI is InChI=1S/C11H7BrN2O3/c12-7-3-1-6(2-4-7)9(15)5-8-10(16)14-11(17)13-8/h1-4H,5H2,(H,14,16,17). The second-order valence-corrected chi connectivity index (χ2v) is 4.34. The Bertz CT molecular complexity index is 534. The third-order valence-electron chi connectivity index (χ3n) is 2.21. The zero-order valence-corrected chi connectivity index (χ0v) is 10.2. The number of benzene rings is 1. The molecule has 0 saturated carbocycles. The molecular weight excluding hydrogens is 288 g/mol. The first-order valence-corrected chi connectivity index (χ1v) is 5.57. The van der Waals surface area contributed by atoms with Crippen LogP contribution in [0.25, 0.3) is 0 Å². The lowest BCUT2D eigenvalue weighted by molar-refractivity contribution is -0.113. The Morgan fingerprint density at radius 3 is 2.41 bits per heavy atom. The van der Waals surface area contributed by atoms with Gasteiger partial charge in [-0.15, -0.1) is 0 Å². The van der Waals surface area contributed by atoms with Gasteiger partial charge in [0.15, 0.2) is 5.78 Å². The number of Topliss-reactive ketones (excluding diaryl/α,β-unsaturated/α-hetero) is 1. The molecule has 0 atom stereocenters. The number of halogens is 1. The van der Waals surface area contributed by atoms with Crippen LogP contribution in [-0.4, -0.2) is 23.4 Å². The number of nitrogens with zero attached hydrogens (tertiary/aromatic N) is 1. The fourth-order valence-electron chi connectivity index (χ4n) is 1.38. The van der Waals surface area contributed by atoms with E-state index in [0.717, 1.165) is 4.47 Å². The van der Waals surface area contributed by atoms with E-state index >= 15 is 0 Å². The number of amides is 3. The average Bonchev–Trinajstić information content (AvgIpc) is 2.58. The normalized spacial score (nSPS) is 14.5. The first kappa shape index (κ1) is 11.7. The summed E-state index contributed by atoms with van der Waals surface area (Å²) in [7, 11) is 0. The summed E-state index contributed by atoms with van der Waals surface area (Å²) >= 11 is 3.26. The van der Waals surface area contributed by atoms with Crippen molar-refractivity contribution in [2.75, 3.05) is 0 Å². The van der Waals surface area contributed by atoms with E-state index in [0.29, 0.717) is 5.56 Å². The number of aliphatic imine (C=N–C) groups is 1. The van der Waals surface area contributed by atoms with E-state index in [4.69, 9.17) is 0 Å². The van der Waals surface area contributed by atoms with E-state index in [-0.39, 0.29) is 17.9 Å². The second-order valence-electron chi connectivity index (χ2n) is 3.42. The molecule has 1 aliphatic heterocycles. The van der Waals surface area contributed by atoms with Crippen LogP contribution in [0.3, 0.4) is 0 Å². The highest BCUT2D eigenvalue weighted by Gasteiger charge is 2.25. The summed E-state index contributed by atoms with van der Waals surface area (Å²) in [5.41, 5.74) is 0.436. The molecule has 86 valence electrons. The number of ketones is 1. The van der Waals surface area contributed by atoms with Gasteiger partial charge in [-0.3, -0.25) is 14.9 Å². The molecule has 0 spiro atoms. The lowest BCUT2D eigenvalue weighted by Gasteiger charge is -1.99. The Balaban J connectivity index is 2.12. The maximum Gasteiger partial charge on any atom is 0.348 e. The molecule has 0 saturated heterocycles. The van der Waals surface area contributed by atoms with E-state index in [1.54, 1.807) is 24.3 Å². The van der Waals surface area contributed by atoms with Gasteiger partial charge in [0.05, 0.1) is 6.42 Å². The number of hydrogen-bond acceptors (Lipinski definition) is 3. The van der Waals surface area contributed by atoms with E-state index < -0.39 is 11.9 Å². The molecule has 1 aromatic carbocycles. The Morgan fingerprint density at radius 2 is 1.88 bits per heavy atom. The summed E-state index contributed by atoms with van der Waals surface area (Å²) < 4.78 is 0.861. The van der Waals surface area contributed by atoms with Crippen molar-refractivity contribution in [1.82, 2.24) is 5.32 Å². The van der Waals surface area contributed by atoms with Crippen molar-refractivity contribution in [3.05, 3.63) is 34.3 Å². The molecule has 5 nitrogen and oxygen atoms in total. The van der Waals surface area contributed by atoms with Crippen LogP contribution in [0.15, 0.2) is 33.7 Å². The Hall–Kier alpha value is -1.82. The highest BCUT2D eigenvalue weighted by Crippen LogP contribution is 2.12. The number of nitrogens with one attached hydrogen (secondary N) is 1. The highest BCUT2D eigenvalue weighted by molar-refractivity contribution is 9.10. The quantitative estimate of drug-likeness (QED) is 0.862. The van der Waals surface area contributed by atoms with Crippen LogP contribution in [0, 0.1) is 0 Å². The predicted octanol–water partition coefficient (Wildman–Crippen LogP) is 1.71. The lowest BCUT2D eigenvalue weighted by Crippen LogP contribution is -2.26. The molecular formula is C11H7BrN2O3. The first-order chi connectivity index (χ1) is 8.06. The summed E-state index contributed by atoms with van der Waals surface area (Å²) in [5, 5.41) is 1.99. The van der Waals surface area contributed by atoms with Gasteiger partial charge in [0.25, 0.3) is 5.91 Å². The summed E-state index contributed by atoms with van der Waals surface area (Å²) in [6, 6.07) is 6.03. The number of carbonyl (C=O) groups is 3. The Kier molecular flexibility index (Phi) is 3.14. The van der Waals surface area contributed by atoms with Gasteiger partial charge in [-0.2, -0.15) is 4.99 Å². The molecule has 1 aliphatic rings. The van der Waals surface area contributed by atoms with E-state index in [1.807, 2.05) is 5.32 Å². The van der Waals surface area contributed by atoms with Gasteiger partial charge in [-0.1, -0.05) is 28.1 Å². The predicted molar refractivity (Wildman–Crippen MR) is 64.1 cm³/mol. The molecule has 0 radical (unpaired) electrons. The Morgan fingerprint density at radius 1 is 1.24 bits per heavy atom. The summed E-state index contributed by atoms with van der Waals surface area (Å²) in [5.74, 6) is -0.846. The fraction of sp³-hybridized carbons (Fsp3) is 0.0909.